The van der Waals surface area contributed by atoms with Crippen LogP contribution >= 0.6 is 0 Å². The van der Waals surface area contributed by atoms with Gasteiger partial charge in [0.15, 0.2) is 5.82 Å². The number of aromatic nitrogens is 3. The van der Waals surface area contributed by atoms with Crippen molar-refractivity contribution in [3.8, 4) is 5.69 Å². The third-order valence-corrected chi connectivity index (χ3v) is 4.89. The number of para-hydroxylation sites is 1. The SMILES string of the molecule is Cc1nnc(C2NCC3CCCC32)n1-c1ccccc1. The van der Waals surface area contributed by atoms with Gasteiger partial charge in [-0.05, 0) is 50.3 Å². The van der Waals surface area contributed by atoms with Gasteiger partial charge >= 0.3 is 0 Å². The Kier molecular flexibility index (Phi) is 2.84. The molecular formula is C16H20N4. The van der Waals surface area contributed by atoms with Crippen molar-refractivity contribution in [3.63, 3.8) is 0 Å². The average molecular weight is 268 g/mol. The number of aryl methyl sites for hydroxylation is 1. The maximum atomic E-state index is 4.48. The summed E-state index contributed by atoms with van der Waals surface area (Å²) in [6.45, 7) is 3.17. The van der Waals surface area contributed by atoms with Gasteiger partial charge in [-0.15, -0.1) is 10.2 Å². The summed E-state index contributed by atoms with van der Waals surface area (Å²) in [4.78, 5) is 0. The van der Waals surface area contributed by atoms with Crippen molar-refractivity contribution >= 4 is 0 Å². The molecule has 1 aromatic carbocycles. The lowest BCUT2D eigenvalue weighted by Gasteiger charge is -2.19. The Bertz CT molecular complexity index is 604. The van der Waals surface area contributed by atoms with Crippen molar-refractivity contribution in [2.45, 2.75) is 32.2 Å². The molecule has 0 radical (unpaired) electrons. The minimum Gasteiger partial charge on any atom is -0.307 e. The minimum absolute atomic E-state index is 0.365. The molecule has 20 heavy (non-hydrogen) atoms. The van der Waals surface area contributed by atoms with Gasteiger partial charge in [0.05, 0.1) is 6.04 Å². The molecule has 0 spiro atoms. The van der Waals surface area contributed by atoms with Gasteiger partial charge in [0.1, 0.15) is 5.82 Å². The predicted octanol–water partition coefficient (Wildman–Crippen LogP) is 2.64. The summed E-state index contributed by atoms with van der Waals surface area (Å²) in [5.41, 5.74) is 1.16. The highest BCUT2D eigenvalue weighted by Crippen LogP contribution is 2.44. The molecule has 2 fully saturated rings. The zero-order chi connectivity index (χ0) is 13.5. The Morgan fingerprint density at radius 1 is 1.15 bits per heavy atom. The molecule has 2 heterocycles. The molecule has 1 aliphatic heterocycles. The Labute approximate surface area is 119 Å². The van der Waals surface area contributed by atoms with Crippen LogP contribution in [0.3, 0.4) is 0 Å². The van der Waals surface area contributed by atoms with E-state index in [1.807, 2.05) is 13.0 Å². The van der Waals surface area contributed by atoms with Crippen LogP contribution in [0.1, 0.15) is 37.0 Å². The molecule has 104 valence electrons. The van der Waals surface area contributed by atoms with Gasteiger partial charge in [-0.3, -0.25) is 4.57 Å². The first kappa shape index (κ1) is 12.1. The van der Waals surface area contributed by atoms with Gasteiger partial charge in [-0.25, -0.2) is 0 Å². The van der Waals surface area contributed by atoms with Crippen LogP contribution < -0.4 is 5.32 Å². The van der Waals surface area contributed by atoms with Crippen LogP contribution in [0.25, 0.3) is 5.69 Å². The summed E-state index contributed by atoms with van der Waals surface area (Å²) in [6.07, 6.45) is 4.06. The Morgan fingerprint density at radius 2 is 2.00 bits per heavy atom. The average Bonchev–Trinajstić information content (AvgIpc) is 3.14. The van der Waals surface area contributed by atoms with Crippen LogP contribution in [0.2, 0.25) is 0 Å². The number of nitrogens with one attached hydrogen (secondary N) is 1. The van der Waals surface area contributed by atoms with Gasteiger partial charge in [-0.2, -0.15) is 0 Å². The second-order valence-electron chi connectivity index (χ2n) is 6.02. The molecule has 2 aromatic rings. The summed E-state index contributed by atoms with van der Waals surface area (Å²) in [5.74, 6) is 3.62. The van der Waals surface area contributed by atoms with E-state index >= 15 is 0 Å². The van der Waals surface area contributed by atoms with Gasteiger partial charge in [0.2, 0.25) is 0 Å². The first-order valence-corrected chi connectivity index (χ1v) is 7.55. The molecule has 1 saturated heterocycles. The van der Waals surface area contributed by atoms with E-state index in [4.69, 9.17) is 0 Å². The largest absolute Gasteiger partial charge is 0.307 e. The number of fused-ring (bicyclic) bond motifs is 1. The normalized spacial score (nSPS) is 28.8. The molecular weight excluding hydrogens is 248 g/mol. The molecule has 0 amide bonds. The first-order chi connectivity index (χ1) is 9.84. The highest BCUT2D eigenvalue weighted by molar-refractivity contribution is 5.34. The van der Waals surface area contributed by atoms with Crippen molar-refractivity contribution in [1.82, 2.24) is 20.1 Å². The lowest BCUT2D eigenvalue weighted by molar-refractivity contribution is 0.403. The molecule has 2 aliphatic rings. The monoisotopic (exact) mass is 268 g/mol. The Morgan fingerprint density at radius 3 is 2.85 bits per heavy atom. The van der Waals surface area contributed by atoms with E-state index in [9.17, 15) is 0 Å². The summed E-state index contributed by atoms with van der Waals surface area (Å²) in [5, 5.41) is 12.5. The molecule has 1 N–H and O–H groups in total. The van der Waals surface area contributed by atoms with Crippen LogP contribution in [0.4, 0.5) is 0 Å². The highest BCUT2D eigenvalue weighted by atomic mass is 15.3. The van der Waals surface area contributed by atoms with E-state index < -0.39 is 0 Å². The predicted molar refractivity (Wildman–Crippen MR) is 77.7 cm³/mol. The fraction of sp³-hybridized carbons (Fsp3) is 0.500. The van der Waals surface area contributed by atoms with Crippen molar-refractivity contribution in [1.29, 1.82) is 0 Å². The van der Waals surface area contributed by atoms with Crippen LogP contribution in [0, 0.1) is 18.8 Å². The van der Waals surface area contributed by atoms with Gasteiger partial charge in [-0.1, -0.05) is 24.6 Å². The molecule has 4 rings (SSSR count). The number of benzene rings is 1. The van der Waals surface area contributed by atoms with E-state index in [1.165, 1.54) is 19.3 Å². The molecule has 0 bridgehead atoms. The quantitative estimate of drug-likeness (QED) is 0.910. The molecule has 3 unspecified atom stereocenters. The first-order valence-electron chi connectivity index (χ1n) is 7.55. The van der Waals surface area contributed by atoms with Gasteiger partial charge in [0.25, 0.3) is 0 Å². The Balaban J connectivity index is 1.76. The van der Waals surface area contributed by atoms with Crippen LogP contribution in [0.5, 0.6) is 0 Å². The fourth-order valence-corrected chi connectivity index (χ4v) is 3.95. The maximum absolute atomic E-state index is 4.48. The standard InChI is InChI=1S/C16H20N4/c1-11-18-19-16(20(11)13-7-3-2-4-8-13)15-14-9-5-6-12(14)10-17-15/h2-4,7-8,12,14-15,17H,5-6,9-10H2,1H3. The molecule has 1 aliphatic carbocycles. The molecule has 1 aromatic heterocycles. The van der Waals surface area contributed by atoms with Crippen molar-refractivity contribution in [3.05, 3.63) is 42.0 Å². The van der Waals surface area contributed by atoms with E-state index in [-0.39, 0.29) is 0 Å². The van der Waals surface area contributed by atoms with Gasteiger partial charge in [0, 0.05) is 5.69 Å². The number of hydrogen-bond acceptors (Lipinski definition) is 3. The van der Waals surface area contributed by atoms with E-state index in [1.54, 1.807) is 0 Å². The second kappa shape index (κ2) is 4.70. The summed E-state index contributed by atoms with van der Waals surface area (Å²) >= 11 is 0. The van der Waals surface area contributed by atoms with E-state index in [0.717, 1.165) is 35.7 Å². The van der Waals surface area contributed by atoms with Gasteiger partial charge < -0.3 is 5.32 Å². The van der Waals surface area contributed by atoms with Crippen LogP contribution in [-0.2, 0) is 0 Å². The van der Waals surface area contributed by atoms with Crippen molar-refractivity contribution in [2.24, 2.45) is 11.8 Å². The molecule has 1 saturated carbocycles. The number of rotatable bonds is 2. The topological polar surface area (TPSA) is 42.7 Å². The van der Waals surface area contributed by atoms with E-state index in [2.05, 4.69) is 44.3 Å². The zero-order valence-corrected chi connectivity index (χ0v) is 11.8. The molecule has 3 atom stereocenters. The second-order valence-corrected chi connectivity index (χ2v) is 6.02. The number of hydrogen-bond donors (Lipinski definition) is 1. The van der Waals surface area contributed by atoms with Crippen molar-refractivity contribution < 1.29 is 0 Å². The smallest absolute Gasteiger partial charge is 0.155 e. The summed E-state index contributed by atoms with van der Waals surface area (Å²) in [6, 6.07) is 10.8. The zero-order valence-electron chi connectivity index (χ0n) is 11.8. The fourth-order valence-electron chi connectivity index (χ4n) is 3.95. The highest BCUT2D eigenvalue weighted by Gasteiger charge is 2.42. The van der Waals surface area contributed by atoms with Crippen LogP contribution in [-0.4, -0.2) is 21.3 Å². The third-order valence-electron chi connectivity index (χ3n) is 4.89. The lowest BCUT2D eigenvalue weighted by Crippen LogP contribution is -2.22. The molecule has 4 heteroatoms. The van der Waals surface area contributed by atoms with E-state index in [0.29, 0.717) is 6.04 Å². The maximum Gasteiger partial charge on any atom is 0.155 e. The lowest BCUT2D eigenvalue weighted by atomic mass is 9.93. The summed E-state index contributed by atoms with van der Waals surface area (Å²) in [7, 11) is 0. The van der Waals surface area contributed by atoms with Crippen LogP contribution in [0.15, 0.2) is 30.3 Å². The Hall–Kier alpha value is -1.68. The van der Waals surface area contributed by atoms with Crippen molar-refractivity contribution in [2.75, 3.05) is 6.54 Å². The third kappa shape index (κ3) is 1.79. The summed E-state index contributed by atoms with van der Waals surface area (Å²) < 4.78 is 2.21. The minimum atomic E-state index is 0.365. The number of nitrogens with zero attached hydrogens (tertiary/aromatic N) is 3. The molecule has 4 nitrogen and oxygen atoms in total.